The first-order valence-corrected chi connectivity index (χ1v) is 15.8. The molecule has 4 aromatic carbocycles. The first-order chi connectivity index (χ1) is 22.8. The fourth-order valence-corrected chi connectivity index (χ4v) is 5.77. The summed E-state index contributed by atoms with van der Waals surface area (Å²) in [6.45, 7) is 0.0191. The van der Waals surface area contributed by atoms with Crippen LogP contribution in [0.4, 0.5) is 5.69 Å². The van der Waals surface area contributed by atoms with Crippen LogP contribution in [0, 0.1) is 0 Å². The van der Waals surface area contributed by atoms with Crippen molar-refractivity contribution in [1.29, 1.82) is 0 Å². The average molecular weight is 635 g/mol. The van der Waals surface area contributed by atoms with Crippen molar-refractivity contribution in [2.45, 2.75) is 64.1 Å². The van der Waals surface area contributed by atoms with Crippen LogP contribution in [0.15, 0.2) is 91.0 Å². The van der Waals surface area contributed by atoms with E-state index < -0.39 is 29.7 Å². The zero-order valence-electron chi connectivity index (χ0n) is 26.1. The van der Waals surface area contributed by atoms with Gasteiger partial charge in [-0.3, -0.25) is 14.4 Å². The molecule has 5 rings (SSSR count). The monoisotopic (exact) mass is 634 g/mol. The molecule has 1 heterocycles. The number of fused-ring (bicyclic) bond motifs is 2. The Labute approximate surface area is 273 Å². The maximum absolute atomic E-state index is 13.8. The van der Waals surface area contributed by atoms with Crippen molar-refractivity contribution in [2.24, 2.45) is 5.73 Å². The number of hydrogen-bond donors (Lipinski definition) is 2. The number of amides is 1. The molecule has 0 spiro atoms. The molecule has 0 aliphatic carbocycles. The van der Waals surface area contributed by atoms with Gasteiger partial charge < -0.3 is 25.7 Å². The predicted molar refractivity (Wildman–Crippen MR) is 176 cm³/mol. The first kappa shape index (κ1) is 32.9. The van der Waals surface area contributed by atoms with Gasteiger partial charge in [0.15, 0.2) is 0 Å². The lowest BCUT2D eigenvalue weighted by Crippen LogP contribution is -2.23. The van der Waals surface area contributed by atoms with Crippen LogP contribution in [0.5, 0.6) is 5.75 Å². The van der Waals surface area contributed by atoms with Crippen molar-refractivity contribution in [3.63, 3.8) is 0 Å². The van der Waals surface area contributed by atoms with Gasteiger partial charge in [0, 0.05) is 16.8 Å². The molecule has 1 amide bonds. The Balaban J connectivity index is 1.48. The van der Waals surface area contributed by atoms with Gasteiger partial charge in [-0.15, -0.1) is 0 Å². The van der Waals surface area contributed by atoms with Gasteiger partial charge in [0.2, 0.25) is 5.91 Å². The second-order valence-corrected chi connectivity index (χ2v) is 11.6. The zero-order chi connectivity index (χ0) is 33.2. The number of carbonyl (C=O) groups is 4. The molecular weight excluding hydrogens is 596 g/mol. The van der Waals surface area contributed by atoms with Crippen LogP contribution in [-0.2, 0) is 45.1 Å². The van der Waals surface area contributed by atoms with E-state index in [1.807, 2.05) is 60.7 Å². The molecule has 0 aromatic heterocycles. The predicted octanol–water partition coefficient (Wildman–Crippen LogP) is 6.21. The molecule has 0 fully saturated rings. The number of rotatable bonds is 9. The van der Waals surface area contributed by atoms with E-state index in [4.69, 9.17) is 25.7 Å². The van der Waals surface area contributed by atoms with Crippen LogP contribution in [-0.4, -0.2) is 23.8 Å². The van der Waals surface area contributed by atoms with E-state index in [-0.39, 0.29) is 42.2 Å². The molecule has 1 atom stereocenters. The second-order valence-electron chi connectivity index (χ2n) is 11.6. The third kappa shape index (κ3) is 8.64. The lowest BCUT2D eigenvalue weighted by Gasteiger charge is -2.21. The molecule has 1 aliphatic heterocycles. The van der Waals surface area contributed by atoms with E-state index in [1.54, 1.807) is 24.3 Å². The number of ether oxygens (including phenoxy) is 3. The Morgan fingerprint density at radius 1 is 0.766 bits per heavy atom. The SMILES string of the molecule is NC(=O)c1cccc2c1CCCCCCc1cc(N)c([C@H](CC(=O)OCc3ccccc3)C(=O)OCc3ccccc3)cc1C(=O)O2. The van der Waals surface area contributed by atoms with Gasteiger partial charge in [-0.05, 0) is 72.2 Å². The molecule has 0 saturated carbocycles. The summed E-state index contributed by atoms with van der Waals surface area (Å²) in [6, 6.07) is 26.4. The van der Waals surface area contributed by atoms with Gasteiger partial charge in [-0.25, -0.2) is 4.79 Å². The number of aryl methyl sites for hydroxylation is 1. The standard InChI is InChI=1S/C38H38N2O7/c39-33-20-27-16-9-1-2-10-17-28-29(36(40)42)18-11-19-34(28)47-38(44)30(27)21-31(33)32(37(43)46-24-26-14-7-4-8-15-26)22-35(41)45-23-25-12-5-3-6-13-25/h3-8,11-15,18-21,32H,1-2,9-10,16-17,22-24,39H2,(H2,40,42)/t32-/m0/s1. The fourth-order valence-electron chi connectivity index (χ4n) is 5.77. The number of hydrogen-bond acceptors (Lipinski definition) is 8. The molecule has 0 radical (unpaired) electrons. The summed E-state index contributed by atoms with van der Waals surface area (Å²) < 4.78 is 17.1. The lowest BCUT2D eigenvalue weighted by atomic mass is 9.89. The highest BCUT2D eigenvalue weighted by Gasteiger charge is 2.31. The third-order valence-corrected chi connectivity index (χ3v) is 8.25. The van der Waals surface area contributed by atoms with Crippen LogP contribution in [0.25, 0.3) is 0 Å². The minimum atomic E-state index is -1.16. The van der Waals surface area contributed by atoms with Gasteiger partial charge in [0.25, 0.3) is 0 Å². The topological polar surface area (TPSA) is 148 Å². The van der Waals surface area contributed by atoms with Gasteiger partial charge in [0.1, 0.15) is 19.0 Å². The van der Waals surface area contributed by atoms with E-state index >= 15 is 0 Å². The summed E-state index contributed by atoms with van der Waals surface area (Å²) in [5.41, 5.74) is 16.0. The van der Waals surface area contributed by atoms with Gasteiger partial charge in [-0.2, -0.15) is 0 Å². The zero-order valence-corrected chi connectivity index (χ0v) is 26.1. The number of nitrogens with two attached hydrogens (primary N) is 2. The Hall–Kier alpha value is -5.44. The van der Waals surface area contributed by atoms with Gasteiger partial charge in [-0.1, -0.05) is 79.6 Å². The highest BCUT2D eigenvalue weighted by Crippen LogP contribution is 2.33. The highest BCUT2D eigenvalue weighted by atomic mass is 16.5. The molecule has 0 unspecified atom stereocenters. The van der Waals surface area contributed by atoms with Crippen LogP contribution < -0.4 is 16.2 Å². The molecule has 4 N–H and O–H groups in total. The molecule has 9 nitrogen and oxygen atoms in total. The Kier molecular flexibility index (Phi) is 11.0. The molecule has 0 saturated heterocycles. The van der Waals surface area contributed by atoms with E-state index in [0.717, 1.165) is 36.8 Å². The minimum absolute atomic E-state index is 0.0128. The molecule has 0 bridgehead atoms. The van der Waals surface area contributed by atoms with Crippen molar-refractivity contribution >= 4 is 29.5 Å². The van der Waals surface area contributed by atoms with Crippen LogP contribution in [0.1, 0.15) is 86.6 Å². The minimum Gasteiger partial charge on any atom is -0.461 e. The Morgan fingerprint density at radius 2 is 1.40 bits per heavy atom. The normalized spacial score (nSPS) is 13.8. The average Bonchev–Trinajstić information content (AvgIpc) is 3.07. The summed E-state index contributed by atoms with van der Waals surface area (Å²) in [5, 5.41) is 0. The number of benzene rings is 4. The summed E-state index contributed by atoms with van der Waals surface area (Å²) in [4.78, 5) is 52.8. The van der Waals surface area contributed by atoms with E-state index in [0.29, 0.717) is 29.5 Å². The molecule has 4 aromatic rings. The third-order valence-electron chi connectivity index (χ3n) is 8.25. The van der Waals surface area contributed by atoms with E-state index in [2.05, 4.69) is 0 Å². The quantitative estimate of drug-likeness (QED) is 0.126. The number of esters is 3. The number of primary amides is 1. The van der Waals surface area contributed by atoms with Crippen LogP contribution in [0.3, 0.4) is 0 Å². The van der Waals surface area contributed by atoms with Crippen molar-refractivity contribution in [2.75, 3.05) is 5.73 Å². The summed E-state index contributed by atoms with van der Waals surface area (Å²) in [6.07, 6.45) is 4.13. The number of anilines is 1. The molecule has 1 aliphatic rings. The van der Waals surface area contributed by atoms with E-state index in [9.17, 15) is 19.2 Å². The molecule has 47 heavy (non-hydrogen) atoms. The molecular formula is C38H38N2O7. The fraction of sp³-hybridized carbons (Fsp3) is 0.263. The Morgan fingerprint density at radius 3 is 2.06 bits per heavy atom. The molecule has 242 valence electrons. The smallest absolute Gasteiger partial charge is 0.343 e. The summed E-state index contributed by atoms with van der Waals surface area (Å²) in [5.74, 6) is -3.49. The molecule has 9 heteroatoms. The lowest BCUT2D eigenvalue weighted by molar-refractivity contribution is -0.153. The maximum Gasteiger partial charge on any atom is 0.343 e. The van der Waals surface area contributed by atoms with Crippen molar-refractivity contribution < 1.29 is 33.4 Å². The second kappa shape index (κ2) is 15.7. The van der Waals surface area contributed by atoms with Crippen LogP contribution in [0.2, 0.25) is 0 Å². The number of nitrogen functional groups attached to an aromatic ring is 1. The van der Waals surface area contributed by atoms with Crippen molar-refractivity contribution in [3.05, 3.63) is 130 Å². The summed E-state index contributed by atoms with van der Waals surface area (Å²) in [7, 11) is 0. The summed E-state index contributed by atoms with van der Waals surface area (Å²) >= 11 is 0. The number of carbonyl (C=O) groups excluding carboxylic acids is 4. The van der Waals surface area contributed by atoms with Crippen molar-refractivity contribution in [3.8, 4) is 5.75 Å². The van der Waals surface area contributed by atoms with Gasteiger partial charge in [0.05, 0.1) is 17.9 Å². The van der Waals surface area contributed by atoms with E-state index in [1.165, 1.54) is 6.07 Å². The Bertz CT molecular complexity index is 1740. The largest absolute Gasteiger partial charge is 0.461 e. The van der Waals surface area contributed by atoms with Gasteiger partial charge >= 0.3 is 17.9 Å². The first-order valence-electron chi connectivity index (χ1n) is 15.8. The van der Waals surface area contributed by atoms with Crippen LogP contribution >= 0.6 is 0 Å². The highest BCUT2D eigenvalue weighted by molar-refractivity contribution is 5.97. The van der Waals surface area contributed by atoms with Crippen molar-refractivity contribution in [1.82, 2.24) is 0 Å². The maximum atomic E-state index is 13.8.